The Bertz CT molecular complexity index is 1050. The van der Waals surface area contributed by atoms with Gasteiger partial charge in [-0.25, -0.2) is 9.69 Å². The molecule has 1 saturated heterocycles. The summed E-state index contributed by atoms with van der Waals surface area (Å²) >= 11 is 9.14. The number of nitrogens with zero attached hydrogens (tertiary/aromatic N) is 2. The van der Waals surface area contributed by atoms with Crippen LogP contribution in [0, 0.1) is 0 Å². The highest BCUT2D eigenvalue weighted by molar-refractivity contribution is 9.10. The second-order valence-electron chi connectivity index (χ2n) is 7.10. The lowest BCUT2D eigenvalue weighted by molar-refractivity contribution is -0.122. The highest BCUT2D eigenvalue weighted by atomic mass is 79.9. The lowest BCUT2D eigenvalue weighted by Gasteiger charge is -2.26. The minimum atomic E-state index is -0.756. The fourth-order valence-corrected chi connectivity index (χ4v) is 4.10. The van der Waals surface area contributed by atoms with Crippen LogP contribution in [-0.4, -0.2) is 36.8 Å². The maximum atomic E-state index is 13.0. The molecular formula is C22H19BrClN3O3. The molecule has 4 amide bonds. The fraction of sp³-hybridized carbons (Fsp3) is 0.227. The zero-order valence-corrected chi connectivity index (χ0v) is 18.4. The minimum absolute atomic E-state index is 0.0746. The van der Waals surface area contributed by atoms with Crippen molar-refractivity contribution in [3.05, 3.63) is 63.6 Å². The number of benzene rings is 2. The lowest BCUT2D eigenvalue weighted by Crippen LogP contribution is -2.54. The summed E-state index contributed by atoms with van der Waals surface area (Å²) in [7, 11) is 0. The maximum absolute atomic E-state index is 13.0. The number of halogens is 2. The molecule has 0 aromatic heterocycles. The van der Waals surface area contributed by atoms with E-state index in [1.54, 1.807) is 24.3 Å². The second-order valence-corrected chi connectivity index (χ2v) is 8.40. The van der Waals surface area contributed by atoms with Crippen molar-refractivity contribution in [2.75, 3.05) is 28.8 Å². The van der Waals surface area contributed by atoms with Crippen LogP contribution in [0.4, 0.5) is 16.2 Å². The van der Waals surface area contributed by atoms with E-state index < -0.39 is 17.8 Å². The van der Waals surface area contributed by atoms with Crippen molar-refractivity contribution in [1.29, 1.82) is 0 Å². The monoisotopic (exact) mass is 487 g/mol. The summed E-state index contributed by atoms with van der Waals surface area (Å²) < 4.78 is 0.821. The second kappa shape index (κ2) is 8.62. The molecule has 2 heterocycles. The van der Waals surface area contributed by atoms with Crippen molar-refractivity contribution in [1.82, 2.24) is 5.32 Å². The van der Waals surface area contributed by atoms with Crippen LogP contribution in [0.5, 0.6) is 0 Å². The largest absolute Gasteiger partial charge is 0.371 e. The Hall–Kier alpha value is -2.64. The molecule has 2 aromatic carbocycles. The van der Waals surface area contributed by atoms with Crippen LogP contribution in [0.1, 0.15) is 17.5 Å². The number of hydrogen-bond donors (Lipinski definition) is 1. The van der Waals surface area contributed by atoms with Gasteiger partial charge in [0.1, 0.15) is 5.57 Å². The van der Waals surface area contributed by atoms with Crippen molar-refractivity contribution in [3.8, 4) is 0 Å². The molecule has 6 nitrogen and oxygen atoms in total. The highest BCUT2D eigenvalue weighted by Crippen LogP contribution is 2.30. The number of anilines is 2. The Kier molecular flexibility index (Phi) is 5.92. The maximum Gasteiger partial charge on any atom is 0.335 e. The van der Waals surface area contributed by atoms with Gasteiger partial charge in [-0.3, -0.25) is 14.9 Å². The average Bonchev–Trinajstić information content (AvgIpc) is 3.13. The number of urea groups is 1. The molecule has 0 bridgehead atoms. The summed E-state index contributed by atoms with van der Waals surface area (Å²) in [5.74, 6) is -0.709. The predicted octanol–water partition coefficient (Wildman–Crippen LogP) is 4.11. The van der Waals surface area contributed by atoms with E-state index in [0.29, 0.717) is 11.6 Å². The van der Waals surface area contributed by atoms with E-state index in [0.717, 1.165) is 46.6 Å². The molecule has 8 heteroatoms. The van der Waals surface area contributed by atoms with Gasteiger partial charge in [0.2, 0.25) is 0 Å². The van der Waals surface area contributed by atoms with Gasteiger partial charge < -0.3 is 4.90 Å². The summed E-state index contributed by atoms with van der Waals surface area (Å²) in [6.07, 6.45) is 3.36. The average molecular weight is 489 g/mol. The summed E-state index contributed by atoms with van der Waals surface area (Å²) in [5, 5.41) is 2.25. The Morgan fingerprint density at radius 1 is 1.10 bits per heavy atom. The number of nitrogens with one attached hydrogen (secondary N) is 1. The Morgan fingerprint density at radius 2 is 1.87 bits per heavy atom. The molecule has 0 aliphatic carbocycles. The molecule has 0 atom stereocenters. The summed E-state index contributed by atoms with van der Waals surface area (Å²) in [5.41, 5.74) is 3.39. The van der Waals surface area contributed by atoms with Crippen LogP contribution in [0.25, 0.3) is 6.08 Å². The third kappa shape index (κ3) is 4.00. The number of fused-ring (bicyclic) bond motifs is 1. The smallest absolute Gasteiger partial charge is 0.335 e. The molecule has 0 spiro atoms. The Balaban J connectivity index is 1.62. The lowest BCUT2D eigenvalue weighted by atomic mass is 10.0. The van der Waals surface area contributed by atoms with Crippen LogP contribution in [0.2, 0.25) is 0 Å². The number of hydrogen-bond acceptors (Lipinski definition) is 4. The van der Waals surface area contributed by atoms with Gasteiger partial charge in [0.15, 0.2) is 0 Å². The van der Waals surface area contributed by atoms with E-state index in [1.165, 1.54) is 11.6 Å². The van der Waals surface area contributed by atoms with Crippen molar-refractivity contribution in [2.45, 2.75) is 12.8 Å². The number of amides is 4. The topological polar surface area (TPSA) is 69.7 Å². The molecule has 1 fully saturated rings. The molecule has 154 valence electrons. The van der Waals surface area contributed by atoms with Gasteiger partial charge in [0.05, 0.1) is 5.69 Å². The van der Waals surface area contributed by atoms with Crippen molar-refractivity contribution in [3.63, 3.8) is 0 Å². The van der Waals surface area contributed by atoms with Gasteiger partial charge in [0, 0.05) is 29.1 Å². The van der Waals surface area contributed by atoms with Crippen LogP contribution in [0.15, 0.2) is 52.5 Å². The summed E-state index contributed by atoms with van der Waals surface area (Å²) in [4.78, 5) is 40.9. The molecule has 30 heavy (non-hydrogen) atoms. The molecule has 0 unspecified atom stereocenters. The predicted molar refractivity (Wildman–Crippen MR) is 121 cm³/mol. The number of barbiturate groups is 1. The van der Waals surface area contributed by atoms with Gasteiger partial charge >= 0.3 is 6.03 Å². The van der Waals surface area contributed by atoms with Gasteiger partial charge in [0.25, 0.3) is 11.8 Å². The first-order valence-electron chi connectivity index (χ1n) is 9.59. The fourth-order valence-electron chi connectivity index (χ4n) is 3.71. The normalized spacial score (nSPS) is 17.5. The van der Waals surface area contributed by atoms with Crippen LogP contribution >= 0.6 is 27.5 Å². The van der Waals surface area contributed by atoms with E-state index in [9.17, 15) is 14.4 Å². The number of rotatable bonds is 5. The van der Waals surface area contributed by atoms with E-state index in [1.807, 2.05) is 18.2 Å². The molecule has 4 rings (SSSR count). The third-order valence-corrected chi connectivity index (χ3v) is 5.95. The molecule has 0 radical (unpaired) electrons. The van der Waals surface area contributed by atoms with Gasteiger partial charge in [-0.1, -0.05) is 22.0 Å². The molecule has 2 aromatic rings. The van der Waals surface area contributed by atoms with Crippen molar-refractivity contribution >= 4 is 62.8 Å². The van der Waals surface area contributed by atoms with Crippen LogP contribution in [0.3, 0.4) is 0 Å². The molecular weight excluding hydrogens is 470 g/mol. The van der Waals surface area contributed by atoms with Crippen LogP contribution < -0.4 is 15.1 Å². The zero-order chi connectivity index (χ0) is 21.3. The first-order valence-corrected chi connectivity index (χ1v) is 10.9. The van der Waals surface area contributed by atoms with E-state index in [4.69, 9.17) is 11.6 Å². The number of alkyl halides is 1. The zero-order valence-electron chi connectivity index (χ0n) is 16.0. The van der Waals surface area contributed by atoms with E-state index >= 15 is 0 Å². The first kappa shape index (κ1) is 20.6. The van der Waals surface area contributed by atoms with Crippen molar-refractivity contribution in [2.24, 2.45) is 0 Å². The van der Waals surface area contributed by atoms with E-state index in [-0.39, 0.29) is 5.57 Å². The number of carbonyl (C=O) groups is 3. The van der Waals surface area contributed by atoms with Crippen molar-refractivity contribution < 1.29 is 14.4 Å². The third-order valence-electron chi connectivity index (χ3n) is 5.15. The van der Waals surface area contributed by atoms with Gasteiger partial charge in [-0.15, -0.1) is 11.6 Å². The quantitative estimate of drug-likeness (QED) is 0.391. The Morgan fingerprint density at radius 3 is 2.60 bits per heavy atom. The SMILES string of the molecule is O=C1NC(=O)N(c2ccc(Br)cc2)C(=O)C1=Cc1ccc2c(c1)CCN2CCCCl. The standard InChI is InChI=1S/C22H19BrClN3O3/c23-16-3-5-17(6-4-16)27-21(29)18(20(28)25-22(27)30)13-14-2-7-19-15(12-14)8-11-26(19)10-1-9-24/h2-7,12-13H,1,8-11H2,(H,25,28,30). The Labute approximate surface area is 187 Å². The van der Waals surface area contributed by atoms with E-state index in [2.05, 4.69) is 26.1 Å². The summed E-state index contributed by atoms with van der Waals surface area (Å²) in [6.45, 7) is 1.83. The molecule has 1 N–H and O–H groups in total. The molecule has 0 saturated carbocycles. The summed E-state index contributed by atoms with van der Waals surface area (Å²) in [6, 6.07) is 11.9. The molecule has 2 aliphatic heterocycles. The van der Waals surface area contributed by atoms with Gasteiger partial charge in [-0.05, 0) is 66.4 Å². The number of imide groups is 2. The minimum Gasteiger partial charge on any atom is -0.371 e. The molecule has 2 aliphatic rings. The first-order chi connectivity index (χ1) is 14.5. The highest BCUT2D eigenvalue weighted by Gasteiger charge is 2.36. The van der Waals surface area contributed by atoms with Gasteiger partial charge in [-0.2, -0.15) is 0 Å². The number of carbonyl (C=O) groups excluding carboxylic acids is 3. The van der Waals surface area contributed by atoms with Crippen LogP contribution in [-0.2, 0) is 16.0 Å².